The van der Waals surface area contributed by atoms with E-state index in [1.54, 1.807) is 11.1 Å². The molecule has 0 radical (unpaired) electrons. The van der Waals surface area contributed by atoms with Crippen molar-refractivity contribution in [1.29, 1.82) is 0 Å². The van der Waals surface area contributed by atoms with E-state index in [2.05, 4.69) is 74.1 Å². The highest BCUT2D eigenvalue weighted by molar-refractivity contribution is 6.95. The predicted molar refractivity (Wildman–Crippen MR) is 130 cm³/mol. The largest absolute Gasteiger partial charge is 0.508 e. The molecule has 2 aliphatic carbocycles. The zero-order valence-corrected chi connectivity index (χ0v) is 21.3. The molecule has 0 aliphatic heterocycles. The average Bonchev–Trinajstić information content (AvgIpc) is 2.86. The smallest absolute Gasteiger partial charge is 0.118 e. The molecule has 3 rings (SSSR count). The molecule has 0 spiro atoms. The van der Waals surface area contributed by atoms with E-state index in [4.69, 9.17) is 0 Å². The Balaban J connectivity index is 2.31. The molecule has 0 heterocycles. The van der Waals surface area contributed by atoms with Crippen LogP contribution in [0.3, 0.4) is 0 Å². The van der Waals surface area contributed by atoms with Gasteiger partial charge in [-0.15, -0.1) is 0 Å². The zero-order chi connectivity index (χ0) is 21.7. The van der Waals surface area contributed by atoms with Crippen LogP contribution in [0.25, 0.3) is 0 Å². The molecule has 1 saturated carbocycles. The topological polar surface area (TPSA) is 20.2 Å². The summed E-state index contributed by atoms with van der Waals surface area (Å²) in [5.41, 5.74) is 9.75. The molecule has 160 valence electrons. The first kappa shape index (κ1) is 22.4. The minimum absolute atomic E-state index is 0.0516. The molecule has 29 heavy (non-hydrogen) atoms. The first-order valence-corrected chi connectivity index (χ1v) is 14.3. The summed E-state index contributed by atoms with van der Waals surface area (Å²) in [7, 11) is -2.05. The summed E-state index contributed by atoms with van der Waals surface area (Å²) in [6, 6.07) is 4.57. The number of aryl methyl sites for hydroxylation is 1. The highest BCUT2D eigenvalue weighted by Gasteiger charge is 2.50. The monoisotopic (exact) mass is 410 g/mol. The maximum atomic E-state index is 11.7. The summed E-state index contributed by atoms with van der Waals surface area (Å²) in [6.07, 6.45) is 6.73. The molecule has 1 N–H and O–H groups in total. The van der Waals surface area contributed by atoms with Gasteiger partial charge in [0.1, 0.15) is 13.8 Å². The number of hydrogen-bond acceptors (Lipinski definition) is 1. The van der Waals surface area contributed by atoms with Crippen molar-refractivity contribution in [2.45, 2.75) is 111 Å². The highest BCUT2D eigenvalue weighted by Crippen LogP contribution is 2.54. The van der Waals surface area contributed by atoms with E-state index in [1.165, 1.54) is 54.0 Å². The van der Waals surface area contributed by atoms with Crippen molar-refractivity contribution in [2.24, 2.45) is 0 Å². The lowest BCUT2D eigenvalue weighted by Crippen LogP contribution is -2.54. The quantitative estimate of drug-likeness (QED) is 0.507. The second-order valence-electron chi connectivity index (χ2n) is 11.1. The van der Waals surface area contributed by atoms with Crippen molar-refractivity contribution in [3.05, 3.63) is 45.6 Å². The van der Waals surface area contributed by atoms with Crippen LogP contribution in [0, 0.1) is 6.92 Å². The molecular weight excluding hydrogens is 368 g/mol. The van der Waals surface area contributed by atoms with E-state index < -0.39 is 8.07 Å². The van der Waals surface area contributed by atoms with Crippen LogP contribution >= 0.6 is 0 Å². The lowest BCUT2D eigenvalue weighted by molar-refractivity contribution is 0.448. The third-order valence-corrected chi connectivity index (χ3v) is 14.2. The summed E-state index contributed by atoms with van der Waals surface area (Å²) in [5, 5.41) is 13.0. The van der Waals surface area contributed by atoms with Crippen LogP contribution in [-0.4, -0.2) is 13.2 Å². The number of allylic oxidation sites excluding steroid dienone is 4. The standard InChI is InChI=1S/C27H42OSi/c1-17-15-23(27(6,7)8)25(28)24(16-17)29(9,22-13-11-10-12-14-22)26-20(4)18(2)19(3)21(26)5/h15-16,22,26,28H,10-14H2,1-9H3. The van der Waals surface area contributed by atoms with Gasteiger partial charge in [0.05, 0.1) is 0 Å². The SMILES string of the molecule is CC1=C(C)C([Si](C)(c2cc(C)cc(C(C)(C)C)c2O)C2CCCCC2)C(C)=C1C. The van der Waals surface area contributed by atoms with Gasteiger partial charge in [-0.3, -0.25) is 0 Å². The van der Waals surface area contributed by atoms with Crippen molar-refractivity contribution in [1.82, 2.24) is 0 Å². The predicted octanol–water partition coefficient (Wildman–Crippen LogP) is 7.67. The van der Waals surface area contributed by atoms with E-state index >= 15 is 0 Å². The van der Waals surface area contributed by atoms with Crippen molar-refractivity contribution in [3.8, 4) is 5.75 Å². The van der Waals surface area contributed by atoms with Gasteiger partial charge >= 0.3 is 0 Å². The Labute approximate surface area is 180 Å². The molecule has 1 aromatic carbocycles. The Kier molecular flexibility index (Phi) is 6.00. The van der Waals surface area contributed by atoms with E-state index in [0.717, 1.165) is 11.1 Å². The number of benzene rings is 1. The first-order chi connectivity index (χ1) is 13.4. The molecule has 1 nitrogen and oxygen atoms in total. The fraction of sp³-hybridized carbons (Fsp3) is 0.630. The average molecular weight is 411 g/mol. The van der Waals surface area contributed by atoms with Crippen LogP contribution in [-0.2, 0) is 5.41 Å². The maximum Gasteiger partial charge on any atom is 0.118 e. The van der Waals surface area contributed by atoms with E-state index in [1.807, 2.05) is 0 Å². The van der Waals surface area contributed by atoms with Gasteiger partial charge < -0.3 is 5.11 Å². The Hall–Kier alpha value is -1.28. The molecule has 0 bridgehead atoms. The lowest BCUT2D eigenvalue weighted by atomic mass is 9.85. The zero-order valence-electron chi connectivity index (χ0n) is 20.3. The second kappa shape index (κ2) is 7.76. The first-order valence-electron chi connectivity index (χ1n) is 11.6. The number of hydrogen-bond donors (Lipinski definition) is 1. The molecule has 1 aromatic rings. The Morgan fingerprint density at radius 2 is 1.38 bits per heavy atom. The van der Waals surface area contributed by atoms with E-state index in [0.29, 0.717) is 11.3 Å². The third kappa shape index (κ3) is 3.67. The lowest BCUT2D eigenvalue weighted by Gasteiger charge is -2.45. The molecule has 1 atom stereocenters. The fourth-order valence-electron chi connectivity index (χ4n) is 6.32. The van der Waals surface area contributed by atoms with Gasteiger partial charge in [-0.25, -0.2) is 0 Å². The van der Waals surface area contributed by atoms with Crippen LogP contribution in [0.1, 0.15) is 91.7 Å². The Morgan fingerprint density at radius 3 is 1.86 bits per heavy atom. The van der Waals surface area contributed by atoms with Gasteiger partial charge in [0.2, 0.25) is 0 Å². The van der Waals surface area contributed by atoms with Gasteiger partial charge in [0, 0.05) is 5.54 Å². The summed E-state index contributed by atoms with van der Waals surface area (Å²) >= 11 is 0. The number of aromatic hydroxyl groups is 1. The van der Waals surface area contributed by atoms with Crippen molar-refractivity contribution < 1.29 is 5.11 Å². The second-order valence-corrected chi connectivity index (χ2v) is 15.6. The van der Waals surface area contributed by atoms with Crippen molar-refractivity contribution >= 4 is 13.3 Å². The molecule has 0 aromatic heterocycles. The summed E-state index contributed by atoms with van der Waals surface area (Å²) in [5.74, 6) is 0.602. The van der Waals surface area contributed by atoms with Crippen LogP contribution in [0.5, 0.6) is 5.75 Å². The molecule has 1 unspecified atom stereocenters. The van der Waals surface area contributed by atoms with Gasteiger partial charge in [0.25, 0.3) is 0 Å². The van der Waals surface area contributed by atoms with Crippen LogP contribution in [0.4, 0.5) is 0 Å². The van der Waals surface area contributed by atoms with Crippen LogP contribution in [0.15, 0.2) is 34.4 Å². The van der Waals surface area contributed by atoms with E-state index in [-0.39, 0.29) is 5.41 Å². The minimum atomic E-state index is -2.05. The highest BCUT2D eigenvalue weighted by atomic mass is 28.3. The molecule has 2 aliphatic rings. The third-order valence-electron chi connectivity index (χ3n) is 8.31. The van der Waals surface area contributed by atoms with Gasteiger partial charge in [-0.2, -0.15) is 0 Å². The summed E-state index contributed by atoms with van der Waals surface area (Å²) in [4.78, 5) is 0. The summed E-state index contributed by atoms with van der Waals surface area (Å²) < 4.78 is 0. The van der Waals surface area contributed by atoms with Crippen LogP contribution in [0.2, 0.25) is 17.6 Å². The van der Waals surface area contributed by atoms with Crippen molar-refractivity contribution in [3.63, 3.8) is 0 Å². The maximum absolute atomic E-state index is 11.7. The van der Waals surface area contributed by atoms with Gasteiger partial charge in [-0.05, 0) is 67.5 Å². The van der Waals surface area contributed by atoms with E-state index in [9.17, 15) is 5.11 Å². The normalized spacial score (nSPS) is 21.8. The molecular formula is C27H42OSi. The van der Waals surface area contributed by atoms with Crippen molar-refractivity contribution in [2.75, 3.05) is 0 Å². The Morgan fingerprint density at radius 1 is 0.862 bits per heavy atom. The fourth-order valence-corrected chi connectivity index (χ4v) is 12.6. The molecule has 0 saturated heterocycles. The van der Waals surface area contributed by atoms with Crippen LogP contribution < -0.4 is 5.19 Å². The Bertz CT molecular complexity index is 837. The number of rotatable bonds is 3. The van der Waals surface area contributed by atoms with Gasteiger partial charge in [0.15, 0.2) is 0 Å². The molecule has 1 fully saturated rings. The number of phenolic OH excluding ortho intramolecular Hbond substituents is 1. The molecule has 2 heteroatoms. The summed E-state index contributed by atoms with van der Waals surface area (Å²) in [6.45, 7) is 20.8. The number of phenols is 1. The molecule has 0 amide bonds. The minimum Gasteiger partial charge on any atom is -0.508 e. The van der Waals surface area contributed by atoms with Gasteiger partial charge in [-0.1, -0.05) is 88.3 Å².